The largest absolute Gasteiger partial charge is 0.493 e. The fraction of sp³-hybridized carbons (Fsp3) is 0.250. The maximum atomic E-state index is 13.3. The van der Waals surface area contributed by atoms with E-state index in [2.05, 4.69) is 18.2 Å². The highest BCUT2D eigenvalue weighted by molar-refractivity contribution is 7.86. The molecule has 0 spiro atoms. The molecular formula is C24H24O4S. The fourth-order valence-corrected chi connectivity index (χ4v) is 5.84. The second kappa shape index (κ2) is 7.56. The van der Waals surface area contributed by atoms with Gasteiger partial charge in [-0.3, -0.25) is 0 Å². The summed E-state index contributed by atoms with van der Waals surface area (Å²) in [6.07, 6.45) is 0.636. The van der Waals surface area contributed by atoms with Crippen LogP contribution in [0.15, 0.2) is 52.3 Å². The average Bonchev–Trinajstić information content (AvgIpc) is 3.04. The predicted octanol–water partition coefficient (Wildman–Crippen LogP) is 5.07. The van der Waals surface area contributed by atoms with E-state index in [1.165, 1.54) is 0 Å². The van der Waals surface area contributed by atoms with Crippen LogP contribution in [0.5, 0.6) is 17.2 Å². The van der Waals surface area contributed by atoms with Crippen molar-refractivity contribution in [3.05, 3.63) is 64.7 Å². The Morgan fingerprint density at radius 3 is 2.14 bits per heavy atom. The summed E-state index contributed by atoms with van der Waals surface area (Å²) < 4.78 is 29.9. The van der Waals surface area contributed by atoms with Crippen molar-refractivity contribution >= 4 is 10.8 Å². The van der Waals surface area contributed by atoms with Crippen LogP contribution in [0.2, 0.25) is 0 Å². The van der Waals surface area contributed by atoms with Gasteiger partial charge in [-0.1, -0.05) is 36.4 Å². The zero-order chi connectivity index (χ0) is 20.7. The molecule has 4 rings (SSSR count). The Bertz CT molecular complexity index is 1130. The summed E-state index contributed by atoms with van der Waals surface area (Å²) in [6.45, 7) is 4.05. The van der Waals surface area contributed by atoms with Gasteiger partial charge in [0.05, 0.1) is 41.9 Å². The number of fused-ring (bicyclic) bond motifs is 3. The van der Waals surface area contributed by atoms with Crippen LogP contribution in [0.3, 0.4) is 0 Å². The summed E-state index contributed by atoms with van der Waals surface area (Å²) in [5.41, 5.74) is 6.37. The number of hydrogen-bond donors (Lipinski definition) is 0. The summed E-state index contributed by atoms with van der Waals surface area (Å²) in [5.74, 6) is 1.87. The summed E-state index contributed by atoms with van der Waals surface area (Å²) in [6, 6.07) is 14.2. The Morgan fingerprint density at radius 1 is 0.759 bits per heavy atom. The van der Waals surface area contributed by atoms with E-state index in [1.54, 1.807) is 21.3 Å². The van der Waals surface area contributed by atoms with Gasteiger partial charge in [-0.05, 0) is 42.2 Å². The highest BCUT2D eigenvalue weighted by atomic mass is 32.2. The van der Waals surface area contributed by atoms with Gasteiger partial charge in [-0.2, -0.15) is 0 Å². The van der Waals surface area contributed by atoms with Gasteiger partial charge in [0, 0.05) is 17.5 Å². The maximum absolute atomic E-state index is 13.3. The molecule has 3 aromatic rings. The molecule has 0 fully saturated rings. The highest BCUT2D eigenvalue weighted by Crippen LogP contribution is 2.47. The van der Waals surface area contributed by atoms with Crippen LogP contribution in [-0.2, 0) is 17.2 Å². The van der Waals surface area contributed by atoms with Crippen molar-refractivity contribution < 1.29 is 18.4 Å². The molecule has 4 nitrogen and oxygen atoms in total. The van der Waals surface area contributed by atoms with Crippen LogP contribution < -0.4 is 14.2 Å². The monoisotopic (exact) mass is 408 g/mol. The molecule has 0 saturated heterocycles. The van der Waals surface area contributed by atoms with E-state index in [0.717, 1.165) is 43.2 Å². The Morgan fingerprint density at radius 2 is 1.45 bits per heavy atom. The minimum absolute atomic E-state index is 0.580. The second-order valence-corrected chi connectivity index (χ2v) is 8.49. The molecule has 1 heterocycles. The molecule has 0 amide bonds. The first-order chi connectivity index (χ1) is 14.0. The second-order valence-electron chi connectivity index (χ2n) is 7.14. The average molecular weight is 409 g/mol. The van der Waals surface area contributed by atoms with Crippen molar-refractivity contribution in [2.75, 3.05) is 21.3 Å². The smallest absolute Gasteiger partial charge is 0.203 e. The first-order valence-electron chi connectivity index (χ1n) is 9.43. The van der Waals surface area contributed by atoms with Crippen molar-refractivity contribution in [3.63, 3.8) is 0 Å². The lowest BCUT2D eigenvalue weighted by Crippen LogP contribution is -2.01. The first kappa shape index (κ1) is 19.5. The Kier molecular flexibility index (Phi) is 5.09. The molecule has 0 aliphatic carbocycles. The van der Waals surface area contributed by atoms with Gasteiger partial charge < -0.3 is 14.2 Å². The number of methoxy groups -OCH3 is 3. The zero-order valence-corrected chi connectivity index (χ0v) is 18.1. The quantitative estimate of drug-likeness (QED) is 0.463. The highest BCUT2D eigenvalue weighted by Gasteiger charge is 2.31. The summed E-state index contributed by atoms with van der Waals surface area (Å²) in [4.78, 5) is 1.85. The van der Waals surface area contributed by atoms with Crippen molar-refractivity contribution in [1.29, 1.82) is 0 Å². The number of hydrogen-bond acceptors (Lipinski definition) is 4. The molecule has 1 aliphatic heterocycles. The normalized spacial score (nSPS) is 14.3. The van der Waals surface area contributed by atoms with Gasteiger partial charge in [-0.25, -0.2) is 4.21 Å². The van der Waals surface area contributed by atoms with E-state index in [9.17, 15) is 4.21 Å². The molecule has 0 saturated carbocycles. The first-order valence-corrected chi connectivity index (χ1v) is 10.6. The predicted molar refractivity (Wildman–Crippen MR) is 115 cm³/mol. The topological polar surface area (TPSA) is 44.8 Å². The van der Waals surface area contributed by atoms with Crippen LogP contribution >= 0.6 is 0 Å². The molecule has 0 N–H and O–H groups in total. The van der Waals surface area contributed by atoms with Gasteiger partial charge in [0.2, 0.25) is 5.75 Å². The van der Waals surface area contributed by atoms with Crippen LogP contribution in [-0.4, -0.2) is 25.5 Å². The minimum atomic E-state index is -1.16. The van der Waals surface area contributed by atoms with Crippen molar-refractivity contribution in [2.45, 2.75) is 30.1 Å². The number of benzene rings is 3. The molecule has 5 heteroatoms. The van der Waals surface area contributed by atoms with Gasteiger partial charge in [0.15, 0.2) is 11.5 Å². The molecule has 150 valence electrons. The lowest BCUT2D eigenvalue weighted by Gasteiger charge is -2.17. The summed E-state index contributed by atoms with van der Waals surface area (Å²) >= 11 is 0. The van der Waals surface area contributed by atoms with Crippen molar-refractivity contribution in [3.8, 4) is 28.4 Å². The van der Waals surface area contributed by atoms with E-state index < -0.39 is 10.8 Å². The summed E-state index contributed by atoms with van der Waals surface area (Å²) in [5, 5.41) is 0. The third kappa shape index (κ3) is 3.01. The van der Waals surface area contributed by atoms with Crippen molar-refractivity contribution in [2.24, 2.45) is 0 Å². The third-order valence-electron chi connectivity index (χ3n) is 5.46. The molecule has 1 aliphatic rings. The summed E-state index contributed by atoms with van der Waals surface area (Å²) in [7, 11) is 3.69. The van der Waals surface area contributed by atoms with Crippen molar-refractivity contribution in [1.82, 2.24) is 0 Å². The van der Waals surface area contributed by atoms with Crippen LogP contribution in [0.1, 0.15) is 22.3 Å². The van der Waals surface area contributed by atoms with Crippen LogP contribution in [0.4, 0.5) is 0 Å². The standard InChI is InChI=1S/C24H24O4S/c1-14-7-6-8-18-20-16(10-9-15(2)24(20)29(25)23(14)18)13-17-11-12-19(26-3)22(28-5)21(17)27-4/h6-12H,13H2,1-5H3. The van der Waals surface area contributed by atoms with E-state index in [0.29, 0.717) is 23.7 Å². The Balaban J connectivity index is 1.90. The number of rotatable bonds is 5. The lowest BCUT2D eigenvalue weighted by molar-refractivity contribution is 0.322. The minimum Gasteiger partial charge on any atom is -0.493 e. The van der Waals surface area contributed by atoms with E-state index >= 15 is 0 Å². The van der Waals surface area contributed by atoms with Gasteiger partial charge in [0.1, 0.15) is 0 Å². The molecule has 1 unspecified atom stereocenters. The molecule has 29 heavy (non-hydrogen) atoms. The van der Waals surface area contributed by atoms with E-state index in [4.69, 9.17) is 14.2 Å². The number of aryl methyl sites for hydroxylation is 2. The molecule has 3 aromatic carbocycles. The lowest BCUT2D eigenvalue weighted by atomic mass is 9.92. The fourth-order valence-electron chi connectivity index (χ4n) is 4.11. The van der Waals surface area contributed by atoms with Gasteiger partial charge >= 0.3 is 0 Å². The number of ether oxygens (including phenoxy) is 3. The van der Waals surface area contributed by atoms with E-state index in [-0.39, 0.29) is 0 Å². The molecule has 0 bridgehead atoms. The molecule has 0 radical (unpaired) electrons. The molecular weight excluding hydrogens is 384 g/mol. The van der Waals surface area contributed by atoms with Gasteiger partial charge in [0.25, 0.3) is 0 Å². The Hall–Kier alpha value is -2.79. The third-order valence-corrected chi connectivity index (χ3v) is 7.27. The van der Waals surface area contributed by atoms with Gasteiger partial charge in [-0.15, -0.1) is 0 Å². The SMILES string of the molecule is COc1ccc(Cc2ccc(C)c3c2-c2cccc(C)c2S3=O)c(OC)c1OC. The van der Waals surface area contributed by atoms with E-state index in [1.807, 2.05) is 38.1 Å². The van der Waals surface area contributed by atoms with Crippen LogP contribution in [0, 0.1) is 13.8 Å². The molecule has 0 aromatic heterocycles. The maximum Gasteiger partial charge on any atom is 0.203 e. The molecule has 1 atom stereocenters. The Labute approximate surface area is 173 Å². The van der Waals surface area contributed by atoms with Crippen LogP contribution in [0.25, 0.3) is 11.1 Å². The zero-order valence-electron chi connectivity index (χ0n) is 17.3.